The van der Waals surface area contributed by atoms with Crippen molar-refractivity contribution in [3.05, 3.63) is 30.4 Å². The smallest absolute Gasteiger partial charge is 0.396 e. The average molecular weight is 1890 g/mol. The molecule has 14 nitrogen and oxygen atoms in total. The molecule has 130 heavy (non-hydrogen) atoms. The molecule has 4 unspecified atom stereocenters. The number of aliphatic hydroxyl groups is 9. The van der Waals surface area contributed by atoms with Crippen molar-refractivity contribution < 1.29 is 81.1 Å². The highest BCUT2D eigenvalue weighted by atomic mass is 19.4. The lowest BCUT2D eigenvalue weighted by Gasteiger charge is -2.27. The van der Waals surface area contributed by atoms with Gasteiger partial charge in [-0.25, -0.2) is 27.5 Å². The highest BCUT2D eigenvalue weighted by Gasteiger charge is 2.44. The van der Waals surface area contributed by atoms with Gasteiger partial charge in [0.2, 0.25) is 0 Å². The van der Waals surface area contributed by atoms with Crippen molar-refractivity contribution in [3.8, 4) is 0 Å². The summed E-state index contributed by atoms with van der Waals surface area (Å²) >= 11 is 0. The molecule has 22 heteroatoms. The van der Waals surface area contributed by atoms with Gasteiger partial charge in [0.15, 0.2) is 6.10 Å². The summed E-state index contributed by atoms with van der Waals surface area (Å²) in [6.45, 7) is 71.2. The minimum absolute atomic E-state index is 0.121. The minimum Gasteiger partial charge on any atom is -0.396 e. The molecule has 0 amide bonds. The van der Waals surface area contributed by atoms with Crippen LogP contribution in [0, 0.1) is 118 Å². The van der Waals surface area contributed by atoms with E-state index in [4.69, 9.17) is 25.5 Å². The Morgan fingerprint density at radius 3 is 0.908 bits per heavy atom. The number of nitrogens with one attached hydrogen (secondary N) is 2. The van der Waals surface area contributed by atoms with Crippen molar-refractivity contribution >= 4 is 0 Å². The standard InChI is InChI=1S/C11H20N2.C10H19F3O.C10H20F2O.C10H21FO.C10H19N3.3C10H22O.2C9H19FO.C9H20O/c1-4-5-6-10(9(2)3)11-12-7-8-13-11;1-4-5-6-8(7(2)3)9(14)10(11,12)13;1-4-5-6-8(7(2)3)9(13)10(11)12;1-4-5-6-9(8(2)3)10(12)7-11;1-4-5-6-9(8(2)3)10-11-7-12-13-10;2*1-5-6-7-10(8(2)3)9(4)11;1-4-5-6-10(7-8-11)9(2)3;1-7(2)9(6-11)5-4-8(3)10;1-8(2)9(7-11)5-3-4-6-10;1-4-5-6-9(7-10)8(2)3/h7-10H,4-6H2,1-3H3,(H,12,13);7-9,14H,4-6H2,1-3H3;7-10,13H,4-6H2,1-3H3;8-10,12H,4-7H2,1-3H3;7-9H,4-6H2,1-3H3,(H,11,12,13);2*8-11H,5-7H2,1-4H3;9-11H,4-8H2,1-3H3;7-9,11H,4-6H2,1-3H3;8-9,11H,3-7H2,1-2H3;8-10H,4-7H2,1-3H3/t10-;8-,9+;8-,9?;9-,10?;9-;9?,10-;9-,10-;10-;8?,9-;2*9-/m00000101111/s1. The first-order valence-corrected chi connectivity index (χ1v) is 52.7. The molecular formula is C108H223F8N5O9. The van der Waals surface area contributed by atoms with Gasteiger partial charge in [-0.05, 0) is 223 Å². The highest BCUT2D eigenvalue weighted by Crippen LogP contribution is 2.35. The molecule has 17 atom stereocenters. The second kappa shape index (κ2) is 96.7. The number of alkyl halides is 8. The topological polar surface area (TPSA) is 252 Å². The molecule has 2 rings (SSSR count). The summed E-state index contributed by atoms with van der Waals surface area (Å²) in [6, 6.07) is 0. The molecule has 0 aliphatic carbocycles. The van der Waals surface area contributed by atoms with Crippen LogP contribution in [0.2, 0.25) is 0 Å². The van der Waals surface area contributed by atoms with E-state index >= 15 is 0 Å². The fourth-order valence-corrected chi connectivity index (χ4v) is 15.8. The maximum absolute atomic E-state index is 12.4. The van der Waals surface area contributed by atoms with Crippen LogP contribution in [0.5, 0.6) is 0 Å². The lowest BCUT2D eigenvalue weighted by molar-refractivity contribution is -0.224. The van der Waals surface area contributed by atoms with Crippen LogP contribution in [-0.4, -0.2) is 160 Å². The van der Waals surface area contributed by atoms with Crippen molar-refractivity contribution in [3.63, 3.8) is 0 Å². The molecule has 0 aromatic carbocycles. The molecule has 790 valence electrons. The number of H-pyrrole nitrogens is 2. The minimum atomic E-state index is -4.48. The first-order valence-electron chi connectivity index (χ1n) is 52.7. The van der Waals surface area contributed by atoms with Gasteiger partial charge >= 0.3 is 6.18 Å². The number of aliphatic hydroxyl groups excluding tert-OH is 9. The molecule has 2 heterocycles. The molecule has 0 saturated heterocycles. The molecule has 0 fully saturated rings. The second-order valence-corrected chi connectivity index (χ2v) is 41.0. The van der Waals surface area contributed by atoms with Gasteiger partial charge in [0.25, 0.3) is 6.43 Å². The Hall–Kier alpha value is -2.57. The van der Waals surface area contributed by atoms with E-state index in [1.54, 1.807) is 27.1 Å². The fourth-order valence-electron chi connectivity index (χ4n) is 15.8. The molecule has 0 spiro atoms. The zero-order valence-electron chi connectivity index (χ0n) is 90.9. The van der Waals surface area contributed by atoms with E-state index in [-0.39, 0.29) is 61.7 Å². The molecule has 0 radical (unpaired) electrons. The number of aromatic nitrogens is 5. The van der Waals surface area contributed by atoms with E-state index < -0.39 is 49.7 Å². The molecule has 0 saturated carbocycles. The van der Waals surface area contributed by atoms with E-state index in [0.717, 1.165) is 94.1 Å². The van der Waals surface area contributed by atoms with Crippen LogP contribution in [0.15, 0.2) is 18.7 Å². The number of imidazole rings is 1. The lowest BCUT2D eigenvalue weighted by atomic mass is 9.85. The maximum Gasteiger partial charge on any atom is 0.414 e. The largest absolute Gasteiger partial charge is 0.414 e. The first-order chi connectivity index (χ1) is 60.9. The summed E-state index contributed by atoms with van der Waals surface area (Å²) in [4.78, 5) is 11.8. The first kappa shape index (κ1) is 145. The number of aromatic amines is 2. The summed E-state index contributed by atoms with van der Waals surface area (Å²) in [5, 5.41) is 88.9. The summed E-state index contributed by atoms with van der Waals surface area (Å²) in [5.41, 5.74) is 0. The molecule has 11 N–H and O–H groups in total. The predicted molar refractivity (Wildman–Crippen MR) is 543 cm³/mol. The van der Waals surface area contributed by atoms with Gasteiger partial charge in [0.05, 0.1) is 31.2 Å². The zero-order valence-corrected chi connectivity index (χ0v) is 90.9. The molecular weight excluding hydrogens is 1660 g/mol. The van der Waals surface area contributed by atoms with Crippen LogP contribution in [0.3, 0.4) is 0 Å². The van der Waals surface area contributed by atoms with E-state index in [1.165, 1.54) is 116 Å². The Balaban J connectivity index is -0.000000177. The van der Waals surface area contributed by atoms with E-state index in [1.807, 2.05) is 67.8 Å². The SMILES string of the molecule is CC(C)[C@@H](CO)CCCCF.CC(F)CC[C@H](CO)C(C)C.CCCC[C@@H](C(C)C)C(O)C(F)F.CCCC[C@@H](C(C)C)C(O)CF.CCCC[C@@H](C(C)C)[C@@H](O)C(F)(F)F.CCCC[C@@H](C(C)C)[C@H](C)O.CCCC[C@H](C(C)C)C(C)O.CCCC[C@H](CCO)C(C)C.CCCC[C@H](CO)C(C)C.CCCC[C@H](c1ncc[nH]1)C(C)C.CCCC[C@H](c1ncn[nH]1)C(C)C. The van der Waals surface area contributed by atoms with Gasteiger partial charge in [0.1, 0.15) is 30.8 Å². The van der Waals surface area contributed by atoms with E-state index in [2.05, 4.69) is 184 Å². The second-order valence-electron chi connectivity index (χ2n) is 41.0. The van der Waals surface area contributed by atoms with E-state index in [0.29, 0.717) is 122 Å². The van der Waals surface area contributed by atoms with Gasteiger partial charge in [-0.3, -0.25) is 9.49 Å². The number of unbranched alkanes of at least 4 members (excludes halogenated alkanes) is 10. The van der Waals surface area contributed by atoms with Crippen molar-refractivity contribution in [2.24, 2.45) is 118 Å². The number of rotatable bonds is 59. The Bertz CT molecular complexity index is 2360. The molecule has 2 aromatic heterocycles. The Morgan fingerprint density at radius 1 is 0.331 bits per heavy atom. The van der Waals surface area contributed by atoms with Crippen LogP contribution >= 0.6 is 0 Å². The Morgan fingerprint density at radius 2 is 0.646 bits per heavy atom. The average Bonchev–Trinajstić information content (AvgIpc) is 0.976. The van der Waals surface area contributed by atoms with Crippen LogP contribution in [0.25, 0.3) is 0 Å². The maximum atomic E-state index is 12.4. The van der Waals surface area contributed by atoms with Crippen LogP contribution in [-0.2, 0) is 0 Å². The van der Waals surface area contributed by atoms with Gasteiger partial charge in [-0.1, -0.05) is 343 Å². The number of hydrogen-bond acceptors (Lipinski definition) is 12. The number of halogens is 8. The van der Waals surface area contributed by atoms with Gasteiger partial charge in [0, 0.05) is 50.7 Å². The normalized spacial score (nSPS) is 15.5. The predicted octanol–water partition coefficient (Wildman–Crippen LogP) is 31.0. The van der Waals surface area contributed by atoms with Crippen molar-refractivity contribution in [2.45, 2.75) is 508 Å². The van der Waals surface area contributed by atoms with Gasteiger partial charge < -0.3 is 50.9 Å². The molecule has 0 aliphatic heterocycles. The Labute approximate surface area is 799 Å². The third-order valence-electron chi connectivity index (χ3n) is 25.8. The summed E-state index contributed by atoms with van der Waals surface area (Å²) in [7, 11) is 0. The highest BCUT2D eigenvalue weighted by molar-refractivity contribution is 4.98. The van der Waals surface area contributed by atoms with E-state index in [9.17, 15) is 55.5 Å². The number of nitrogens with zero attached hydrogens (tertiary/aromatic N) is 3. The monoisotopic (exact) mass is 1890 g/mol. The van der Waals surface area contributed by atoms with Crippen molar-refractivity contribution in [2.75, 3.05) is 39.8 Å². The van der Waals surface area contributed by atoms with Crippen molar-refractivity contribution in [1.29, 1.82) is 0 Å². The summed E-state index contributed by atoms with van der Waals surface area (Å²) in [6.07, 6.45) is 27.9. The quantitative estimate of drug-likeness (QED) is 0.0219. The molecule has 0 bridgehead atoms. The fraction of sp³-hybridized carbons (Fsp3) is 0.954. The summed E-state index contributed by atoms with van der Waals surface area (Å²) in [5.74, 6) is 10.7. The Kier molecular flexibility index (Phi) is 108. The lowest BCUT2D eigenvalue weighted by Crippen LogP contribution is -2.38. The molecule has 0 aliphatic rings. The van der Waals surface area contributed by atoms with Gasteiger partial charge in [-0.15, -0.1) is 0 Å². The summed E-state index contributed by atoms with van der Waals surface area (Å²) < 4.78 is 97.4. The molecule has 2 aromatic rings. The van der Waals surface area contributed by atoms with Crippen molar-refractivity contribution in [1.82, 2.24) is 25.1 Å². The number of hydrogen-bond donors (Lipinski definition) is 11. The zero-order chi connectivity index (χ0) is 103. The van der Waals surface area contributed by atoms with Crippen LogP contribution < -0.4 is 0 Å². The van der Waals surface area contributed by atoms with Crippen LogP contribution in [0.1, 0.15) is 471 Å². The third kappa shape index (κ3) is 85.8. The van der Waals surface area contributed by atoms with Gasteiger partial charge in [-0.2, -0.15) is 18.3 Å². The third-order valence-corrected chi connectivity index (χ3v) is 25.8. The van der Waals surface area contributed by atoms with Crippen LogP contribution in [0.4, 0.5) is 35.1 Å².